The van der Waals surface area contributed by atoms with E-state index in [0.717, 1.165) is 24.8 Å². The summed E-state index contributed by atoms with van der Waals surface area (Å²) in [5.41, 5.74) is 0.789. The van der Waals surface area contributed by atoms with Crippen LogP contribution >= 0.6 is 0 Å². The third kappa shape index (κ3) is 2.06. The molecule has 0 aromatic carbocycles. The molecule has 1 aliphatic carbocycles. The van der Waals surface area contributed by atoms with Gasteiger partial charge in [-0.3, -0.25) is 14.5 Å². The maximum Gasteiger partial charge on any atom is 0.237 e. The van der Waals surface area contributed by atoms with E-state index in [1.165, 1.54) is 4.90 Å². The molecule has 0 saturated carbocycles. The van der Waals surface area contributed by atoms with Crippen molar-refractivity contribution in [2.24, 2.45) is 11.8 Å². The molecule has 2 rings (SSSR count). The smallest absolute Gasteiger partial charge is 0.237 e. The lowest BCUT2D eigenvalue weighted by Crippen LogP contribution is -2.32. The topological polar surface area (TPSA) is 37.4 Å². The molecule has 3 nitrogen and oxygen atoms in total. The average Bonchev–Trinajstić information content (AvgIpc) is 2.55. The van der Waals surface area contributed by atoms with E-state index < -0.39 is 0 Å². The molecule has 0 radical (unpaired) electrons. The van der Waals surface area contributed by atoms with Crippen LogP contribution in [0.2, 0.25) is 0 Å². The Morgan fingerprint density at radius 3 is 2.76 bits per heavy atom. The van der Waals surface area contributed by atoms with Gasteiger partial charge < -0.3 is 0 Å². The summed E-state index contributed by atoms with van der Waals surface area (Å²) in [5, 5.41) is 0. The fraction of sp³-hybridized carbons (Fsp3) is 0.571. The van der Waals surface area contributed by atoms with Crippen molar-refractivity contribution in [3.63, 3.8) is 0 Å². The van der Waals surface area contributed by atoms with E-state index in [-0.39, 0.29) is 23.7 Å². The molecular formula is C14H19NO2. The first kappa shape index (κ1) is 12.1. The van der Waals surface area contributed by atoms with Crippen molar-refractivity contribution in [1.29, 1.82) is 0 Å². The van der Waals surface area contributed by atoms with Crippen LogP contribution in [0.5, 0.6) is 0 Å². The summed E-state index contributed by atoms with van der Waals surface area (Å²) in [5.74, 6) is -0.497. The highest BCUT2D eigenvalue weighted by molar-refractivity contribution is 6.07. The van der Waals surface area contributed by atoms with Crippen LogP contribution < -0.4 is 0 Å². The number of hydrogen-bond donors (Lipinski definition) is 0. The largest absolute Gasteiger partial charge is 0.282 e. The van der Waals surface area contributed by atoms with Gasteiger partial charge in [0, 0.05) is 6.54 Å². The van der Waals surface area contributed by atoms with Gasteiger partial charge in [-0.1, -0.05) is 38.5 Å². The standard InChI is InChI=1S/C14H19NO2/c1-3-4-5-9-15-13(16)11-8-6-7-10(2)12(11)14(15)17/h6-7,11-12H,2-5,8-9H2,1H3. The van der Waals surface area contributed by atoms with Gasteiger partial charge in [-0.05, 0) is 18.4 Å². The zero-order chi connectivity index (χ0) is 12.4. The highest BCUT2D eigenvalue weighted by Gasteiger charge is 2.48. The number of nitrogens with zero attached hydrogens (tertiary/aromatic N) is 1. The molecule has 0 spiro atoms. The number of allylic oxidation sites excluding steroid dienone is 2. The van der Waals surface area contributed by atoms with Crippen molar-refractivity contribution >= 4 is 11.8 Å². The zero-order valence-electron chi connectivity index (χ0n) is 10.3. The Morgan fingerprint density at radius 1 is 1.35 bits per heavy atom. The number of imide groups is 1. The number of unbranched alkanes of at least 4 members (excludes halogenated alkanes) is 2. The molecule has 0 aromatic heterocycles. The number of carbonyl (C=O) groups excluding carboxylic acids is 2. The zero-order valence-corrected chi connectivity index (χ0v) is 10.3. The van der Waals surface area contributed by atoms with Crippen LogP contribution in [-0.4, -0.2) is 23.3 Å². The van der Waals surface area contributed by atoms with Gasteiger partial charge in [0.1, 0.15) is 0 Å². The fourth-order valence-corrected chi connectivity index (χ4v) is 2.66. The molecule has 0 aromatic rings. The molecule has 0 bridgehead atoms. The van der Waals surface area contributed by atoms with E-state index in [1.54, 1.807) is 0 Å². The summed E-state index contributed by atoms with van der Waals surface area (Å²) in [6.07, 6.45) is 7.57. The average molecular weight is 233 g/mol. The van der Waals surface area contributed by atoms with Crippen LogP contribution in [0.3, 0.4) is 0 Å². The normalized spacial score (nSPS) is 27.8. The van der Waals surface area contributed by atoms with E-state index in [9.17, 15) is 9.59 Å². The van der Waals surface area contributed by atoms with Crippen LogP contribution in [0.1, 0.15) is 32.6 Å². The number of carbonyl (C=O) groups is 2. The van der Waals surface area contributed by atoms with Crippen molar-refractivity contribution in [2.75, 3.05) is 6.54 Å². The van der Waals surface area contributed by atoms with Gasteiger partial charge in [0.25, 0.3) is 0 Å². The SMILES string of the molecule is C=C1C=CCC2C(=O)N(CCCCC)C(=O)C12. The number of likely N-dealkylation sites (tertiary alicyclic amines) is 1. The van der Waals surface area contributed by atoms with Gasteiger partial charge in [0.2, 0.25) is 11.8 Å². The van der Waals surface area contributed by atoms with Crippen molar-refractivity contribution in [2.45, 2.75) is 32.6 Å². The fourth-order valence-electron chi connectivity index (χ4n) is 2.66. The molecule has 1 fully saturated rings. The number of fused-ring (bicyclic) bond motifs is 1. The van der Waals surface area contributed by atoms with E-state index in [1.807, 2.05) is 12.2 Å². The summed E-state index contributed by atoms with van der Waals surface area (Å²) >= 11 is 0. The molecule has 92 valence electrons. The number of rotatable bonds is 4. The third-order valence-corrected chi connectivity index (χ3v) is 3.62. The van der Waals surface area contributed by atoms with Crippen LogP contribution in [0.25, 0.3) is 0 Å². The van der Waals surface area contributed by atoms with Crippen LogP contribution in [0.4, 0.5) is 0 Å². The highest BCUT2D eigenvalue weighted by atomic mass is 16.2. The maximum absolute atomic E-state index is 12.2. The summed E-state index contributed by atoms with van der Waals surface area (Å²) in [6.45, 7) is 6.57. The third-order valence-electron chi connectivity index (χ3n) is 3.62. The Bertz CT molecular complexity index is 384. The molecule has 1 aliphatic heterocycles. The van der Waals surface area contributed by atoms with Crippen LogP contribution in [0.15, 0.2) is 24.3 Å². The number of amides is 2. The Balaban J connectivity index is 2.09. The lowest BCUT2D eigenvalue weighted by atomic mass is 9.82. The second kappa shape index (κ2) is 4.86. The van der Waals surface area contributed by atoms with Crippen LogP contribution in [-0.2, 0) is 9.59 Å². The Morgan fingerprint density at radius 2 is 2.12 bits per heavy atom. The molecule has 2 amide bonds. The van der Waals surface area contributed by atoms with Crippen LogP contribution in [0, 0.1) is 11.8 Å². The molecule has 1 heterocycles. The van der Waals surface area contributed by atoms with Gasteiger partial charge in [-0.25, -0.2) is 0 Å². The molecule has 0 N–H and O–H groups in total. The molecule has 2 atom stereocenters. The van der Waals surface area contributed by atoms with Gasteiger partial charge in [0.05, 0.1) is 11.8 Å². The van der Waals surface area contributed by atoms with E-state index in [4.69, 9.17) is 0 Å². The van der Waals surface area contributed by atoms with Crippen molar-refractivity contribution in [3.05, 3.63) is 24.3 Å². The van der Waals surface area contributed by atoms with E-state index >= 15 is 0 Å². The monoisotopic (exact) mass is 233 g/mol. The van der Waals surface area contributed by atoms with Crippen molar-refractivity contribution in [3.8, 4) is 0 Å². The second-order valence-electron chi connectivity index (χ2n) is 4.83. The lowest BCUT2D eigenvalue weighted by molar-refractivity contribution is -0.139. The number of hydrogen-bond acceptors (Lipinski definition) is 2. The molecule has 3 heteroatoms. The predicted molar refractivity (Wildman–Crippen MR) is 66.1 cm³/mol. The minimum absolute atomic E-state index is 0.00148. The van der Waals surface area contributed by atoms with Gasteiger partial charge in [-0.15, -0.1) is 0 Å². The quantitative estimate of drug-likeness (QED) is 0.552. The molecule has 1 saturated heterocycles. The summed E-state index contributed by atoms with van der Waals surface area (Å²) in [7, 11) is 0. The summed E-state index contributed by atoms with van der Waals surface area (Å²) in [4.78, 5) is 25.7. The van der Waals surface area contributed by atoms with Gasteiger partial charge in [0.15, 0.2) is 0 Å². The van der Waals surface area contributed by atoms with Crippen molar-refractivity contribution < 1.29 is 9.59 Å². The Hall–Kier alpha value is -1.38. The molecular weight excluding hydrogens is 214 g/mol. The molecule has 17 heavy (non-hydrogen) atoms. The van der Waals surface area contributed by atoms with E-state index in [0.29, 0.717) is 13.0 Å². The first-order valence-corrected chi connectivity index (χ1v) is 6.37. The minimum Gasteiger partial charge on any atom is -0.282 e. The summed E-state index contributed by atoms with van der Waals surface area (Å²) in [6, 6.07) is 0. The van der Waals surface area contributed by atoms with E-state index in [2.05, 4.69) is 13.5 Å². The highest BCUT2D eigenvalue weighted by Crippen LogP contribution is 2.37. The van der Waals surface area contributed by atoms with Crippen molar-refractivity contribution in [1.82, 2.24) is 4.90 Å². The lowest BCUT2D eigenvalue weighted by Gasteiger charge is -2.17. The molecule has 2 unspecified atom stereocenters. The predicted octanol–water partition coefficient (Wildman–Crippen LogP) is 2.29. The van der Waals surface area contributed by atoms with Gasteiger partial charge in [-0.2, -0.15) is 0 Å². The maximum atomic E-state index is 12.2. The first-order valence-electron chi connectivity index (χ1n) is 6.37. The Kier molecular flexibility index (Phi) is 3.46. The second-order valence-corrected chi connectivity index (χ2v) is 4.83. The molecule has 2 aliphatic rings. The van der Waals surface area contributed by atoms with Gasteiger partial charge >= 0.3 is 0 Å². The Labute approximate surface area is 102 Å². The first-order chi connectivity index (χ1) is 8.16. The summed E-state index contributed by atoms with van der Waals surface area (Å²) < 4.78 is 0. The minimum atomic E-state index is -0.283.